The van der Waals surface area contributed by atoms with Crippen molar-refractivity contribution in [2.45, 2.75) is 13.5 Å². The summed E-state index contributed by atoms with van der Waals surface area (Å²) in [5.41, 5.74) is 0. The molecular formula is C8H14N2O4S. The van der Waals surface area contributed by atoms with Gasteiger partial charge in [-0.05, 0) is 6.92 Å². The number of H-pyrrole nitrogens is 1. The Kier molecular flexibility index (Phi) is 6.59. The maximum Gasteiger partial charge on any atom is 0.241 e. The van der Waals surface area contributed by atoms with E-state index in [4.69, 9.17) is 0 Å². The monoisotopic (exact) mass is 234 g/mol. The highest BCUT2D eigenvalue weighted by molar-refractivity contribution is 7.80. The lowest BCUT2D eigenvalue weighted by Crippen LogP contribution is -2.28. The minimum Gasteiger partial charge on any atom is -0.726 e. The second-order valence-electron chi connectivity index (χ2n) is 2.41. The van der Waals surface area contributed by atoms with Gasteiger partial charge in [-0.25, -0.2) is 13.0 Å². The number of allylic oxidation sites excluding steroid dienone is 1. The summed E-state index contributed by atoms with van der Waals surface area (Å²) in [5.74, 6) is 0. The number of hydrogen-bond acceptors (Lipinski definition) is 4. The maximum atomic E-state index is 9.45. The van der Waals surface area contributed by atoms with Crippen molar-refractivity contribution < 1.29 is 21.7 Å². The van der Waals surface area contributed by atoms with Crippen molar-refractivity contribution in [2.75, 3.05) is 6.61 Å². The first kappa shape index (κ1) is 13.8. The van der Waals surface area contributed by atoms with Crippen LogP contribution in [-0.2, 0) is 21.1 Å². The Morgan fingerprint density at radius 2 is 2.33 bits per heavy atom. The van der Waals surface area contributed by atoms with Crippen molar-refractivity contribution in [2.24, 2.45) is 0 Å². The Hall–Kier alpha value is -1.18. The molecule has 0 fully saturated rings. The zero-order valence-corrected chi connectivity index (χ0v) is 9.24. The zero-order valence-electron chi connectivity index (χ0n) is 8.42. The predicted octanol–water partition coefficient (Wildman–Crippen LogP) is -0.0287. The van der Waals surface area contributed by atoms with E-state index in [1.54, 1.807) is 0 Å². The lowest BCUT2D eigenvalue weighted by atomic mass is 10.6. The van der Waals surface area contributed by atoms with E-state index in [1.165, 1.54) is 6.92 Å². The first-order valence-corrected chi connectivity index (χ1v) is 5.56. The molecule has 0 spiro atoms. The summed E-state index contributed by atoms with van der Waals surface area (Å²) in [6.45, 7) is 5.81. The summed E-state index contributed by atoms with van der Waals surface area (Å²) in [6.07, 6.45) is 7.58. The Balaban J connectivity index is 0.000000265. The number of aromatic nitrogens is 2. The van der Waals surface area contributed by atoms with Crippen LogP contribution in [0.15, 0.2) is 31.4 Å². The van der Waals surface area contributed by atoms with Crippen molar-refractivity contribution in [1.82, 2.24) is 4.98 Å². The van der Waals surface area contributed by atoms with Crippen LogP contribution >= 0.6 is 0 Å². The average Bonchev–Trinajstić information content (AvgIpc) is 2.56. The van der Waals surface area contributed by atoms with Crippen molar-refractivity contribution >= 4 is 10.4 Å². The summed E-state index contributed by atoms with van der Waals surface area (Å²) < 4.78 is 34.0. The van der Waals surface area contributed by atoms with Gasteiger partial charge in [-0.3, -0.25) is 9.17 Å². The van der Waals surface area contributed by atoms with E-state index >= 15 is 0 Å². The molecule has 6 nitrogen and oxygen atoms in total. The number of nitrogens with zero attached hydrogens (tertiary/aromatic N) is 1. The van der Waals surface area contributed by atoms with Gasteiger partial charge in [0.25, 0.3) is 0 Å². The van der Waals surface area contributed by atoms with Gasteiger partial charge < -0.3 is 4.55 Å². The van der Waals surface area contributed by atoms with E-state index in [2.05, 4.69) is 15.7 Å². The van der Waals surface area contributed by atoms with Crippen LogP contribution in [0.2, 0.25) is 0 Å². The number of rotatable bonds is 4. The highest BCUT2D eigenvalue weighted by atomic mass is 32.3. The van der Waals surface area contributed by atoms with Crippen LogP contribution in [0.5, 0.6) is 0 Å². The fraction of sp³-hybridized carbons (Fsp3) is 0.375. The molecule has 7 heteroatoms. The molecule has 0 radical (unpaired) electrons. The number of hydrogen-bond donors (Lipinski definition) is 1. The lowest BCUT2D eigenvalue weighted by molar-refractivity contribution is -0.685. The van der Waals surface area contributed by atoms with Crippen LogP contribution in [0.3, 0.4) is 0 Å². The van der Waals surface area contributed by atoms with Gasteiger partial charge in [0.2, 0.25) is 16.7 Å². The van der Waals surface area contributed by atoms with E-state index in [0.717, 1.165) is 6.54 Å². The molecule has 1 rings (SSSR count). The molecule has 1 N–H and O–H groups in total. The van der Waals surface area contributed by atoms with E-state index in [-0.39, 0.29) is 6.61 Å². The highest BCUT2D eigenvalue weighted by Crippen LogP contribution is 1.80. The van der Waals surface area contributed by atoms with Crippen LogP contribution in [-0.4, -0.2) is 24.6 Å². The summed E-state index contributed by atoms with van der Waals surface area (Å²) in [6, 6.07) is 0. The maximum absolute atomic E-state index is 9.45. The zero-order chi connectivity index (χ0) is 11.7. The van der Waals surface area contributed by atoms with Gasteiger partial charge in [0.05, 0.1) is 6.61 Å². The smallest absolute Gasteiger partial charge is 0.241 e. The van der Waals surface area contributed by atoms with E-state index < -0.39 is 10.4 Å². The molecule has 1 heterocycles. The van der Waals surface area contributed by atoms with E-state index in [1.807, 2.05) is 29.4 Å². The van der Waals surface area contributed by atoms with Crippen molar-refractivity contribution in [1.29, 1.82) is 0 Å². The standard InChI is InChI=1S/C6H8N2.C2H6O4S/c1-2-4-8-5-3-7-6-8;1-2-6-7(3,4)5/h2-3,5-6H,1,4H2;2H2,1H3,(H,3,4,5). The fourth-order valence-electron chi connectivity index (χ4n) is 0.728. The third kappa shape index (κ3) is 9.13. The Morgan fingerprint density at radius 3 is 2.60 bits per heavy atom. The molecule has 0 bridgehead atoms. The predicted molar refractivity (Wildman–Crippen MR) is 52.5 cm³/mol. The SMILES string of the molecule is C=CC[n+]1cc[nH]c1.CCOS(=O)(=O)[O-]. The molecule has 0 amide bonds. The first-order valence-electron chi connectivity index (χ1n) is 4.22. The fourth-order valence-corrected chi connectivity index (χ4v) is 1.02. The molecule has 86 valence electrons. The van der Waals surface area contributed by atoms with Crippen molar-refractivity contribution in [3.8, 4) is 0 Å². The van der Waals surface area contributed by atoms with Gasteiger partial charge >= 0.3 is 0 Å². The van der Waals surface area contributed by atoms with Crippen LogP contribution < -0.4 is 4.57 Å². The normalized spacial score (nSPS) is 10.3. The molecule has 0 aliphatic carbocycles. The summed E-state index contributed by atoms with van der Waals surface area (Å²) in [7, 11) is -4.42. The molecule has 1 aromatic heterocycles. The van der Waals surface area contributed by atoms with Gasteiger partial charge in [0.1, 0.15) is 18.9 Å². The largest absolute Gasteiger partial charge is 0.726 e. The molecule has 0 aliphatic rings. The molecule has 0 saturated carbocycles. The van der Waals surface area contributed by atoms with E-state index in [0.29, 0.717) is 0 Å². The van der Waals surface area contributed by atoms with Gasteiger partial charge in [-0.2, -0.15) is 0 Å². The molecule has 1 aromatic rings. The molecule has 0 aromatic carbocycles. The molecule has 0 unspecified atom stereocenters. The Bertz CT molecular complexity index is 358. The molecule has 0 atom stereocenters. The van der Waals surface area contributed by atoms with Gasteiger partial charge in [-0.1, -0.05) is 12.7 Å². The highest BCUT2D eigenvalue weighted by Gasteiger charge is 1.87. The second kappa shape index (κ2) is 7.16. The molecule has 15 heavy (non-hydrogen) atoms. The lowest BCUT2D eigenvalue weighted by Gasteiger charge is -2.02. The third-order valence-corrected chi connectivity index (χ3v) is 1.73. The minimum absolute atomic E-state index is 0.0914. The quantitative estimate of drug-likeness (QED) is 0.343. The number of nitrogens with one attached hydrogen (secondary N) is 1. The van der Waals surface area contributed by atoms with E-state index in [9.17, 15) is 13.0 Å². The van der Waals surface area contributed by atoms with Gasteiger partial charge in [-0.15, -0.1) is 0 Å². The average molecular weight is 234 g/mol. The Labute approximate surface area is 89.2 Å². The summed E-state index contributed by atoms with van der Waals surface area (Å²) >= 11 is 0. The topological polar surface area (TPSA) is 86.1 Å². The molecular weight excluding hydrogens is 220 g/mol. The van der Waals surface area contributed by atoms with Gasteiger partial charge in [0, 0.05) is 0 Å². The minimum atomic E-state index is -4.42. The van der Waals surface area contributed by atoms with Crippen LogP contribution in [0.1, 0.15) is 6.92 Å². The Morgan fingerprint density at radius 1 is 1.67 bits per heavy atom. The van der Waals surface area contributed by atoms with Crippen LogP contribution in [0, 0.1) is 0 Å². The summed E-state index contributed by atoms with van der Waals surface area (Å²) in [4.78, 5) is 2.93. The van der Waals surface area contributed by atoms with Crippen molar-refractivity contribution in [3.05, 3.63) is 31.4 Å². The van der Waals surface area contributed by atoms with Crippen LogP contribution in [0.4, 0.5) is 0 Å². The van der Waals surface area contributed by atoms with Gasteiger partial charge in [0.15, 0.2) is 0 Å². The summed E-state index contributed by atoms with van der Waals surface area (Å²) in [5, 5.41) is 0. The van der Waals surface area contributed by atoms with Crippen LogP contribution in [0.25, 0.3) is 0 Å². The second-order valence-corrected chi connectivity index (χ2v) is 3.46. The molecule has 0 saturated heterocycles. The first-order chi connectivity index (χ1) is 6.99. The van der Waals surface area contributed by atoms with Crippen molar-refractivity contribution in [3.63, 3.8) is 0 Å². The third-order valence-electron chi connectivity index (χ3n) is 1.20. The molecule has 0 aliphatic heterocycles. The number of aromatic amines is 1. The number of imidazole rings is 1.